The quantitative estimate of drug-likeness (QED) is 0.872. The Balaban J connectivity index is 1.78. The molecule has 0 atom stereocenters. The highest BCUT2D eigenvalue weighted by Gasteiger charge is 2.24. The van der Waals surface area contributed by atoms with Crippen molar-refractivity contribution in [1.82, 2.24) is 15.1 Å². The number of methoxy groups -OCH3 is 1. The van der Waals surface area contributed by atoms with Gasteiger partial charge in [-0.25, -0.2) is 9.59 Å². The van der Waals surface area contributed by atoms with Gasteiger partial charge in [0.25, 0.3) is 0 Å². The first-order valence-electron chi connectivity index (χ1n) is 7.58. The van der Waals surface area contributed by atoms with Crippen molar-refractivity contribution >= 4 is 28.1 Å². The van der Waals surface area contributed by atoms with Crippen molar-refractivity contribution in [1.29, 1.82) is 0 Å². The van der Waals surface area contributed by atoms with E-state index in [1.807, 2.05) is 24.3 Å². The topological polar surface area (TPSA) is 61.9 Å². The lowest BCUT2D eigenvalue weighted by molar-refractivity contribution is 0.109. The number of carbonyl (C=O) groups is 2. The average molecular weight is 384 g/mol. The van der Waals surface area contributed by atoms with Gasteiger partial charge in [-0.05, 0) is 30.5 Å². The van der Waals surface area contributed by atoms with E-state index in [1.165, 1.54) is 7.11 Å². The molecule has 0 unspecified atom stereocenters. The fraction of sp³-hybridized carbons (Fsp3) is 0.500. The summed E-state index contributed by atoms with van der Waals surface area (Å²) in [4.78, 5) is 27.0. The third kappa shape index (κ3) is 5.13. The molecule has 0 spiro atoms. The summed E-state index contributed by atoms with van der Waals surface area (Å²) in [5.74, 6) is 0. The molecule has 1 aliphatic heterocycles. The van der Waals surface area contributed by atoms with Crippen LogP contribution in [0.5, 0.6) is 0 Å². The number of nitrogens with zero attached hydrogens (tertiary/aromatic N) is 2. The lowest BCUT2D eigenvalue weighted by Gasteiger charge is -2.32. The third-order valence-electron chi connectivity index (χ3n) is 3.94. The summed E-state index contributed by atoms with van der Waals surface area (Å²) in [7, 11) is 3.16. The van der Waals surface area contributed by atoms with E-state index in [1.54, 1.807) is 16.8 Å². The van der Waals surface area contributed by atoms with Gasteiger partial charge in [-0.2, -0.15) is 0 Å². The van der Waals surface area contributed by atoms with Crippen LogP contribution < -0.4 is 5.32 Å². The molecule has 1 fully saturated rings. The Kier molecular flexibility index (Phi) is 6.27. The van der Waals surface area contributed by atoms with Gasteiger partial charge in [0.15, 0.2) is 0 Å². The normalized spacial score (nSPS) is 15.2. The van der Waals surface area contributed by atoms with Gasteiger partial charge >= 0.3 is 12.1 Å². The summed E-state index contributed by atoms with van der Waals surface area (Å²) < 4.78 is 5.73. The average Bonchev–Trinajstić information content (AvgIpc) is 2.56. The van der Waals surface area contributed by atoms with Crippen LogP contribution in [-0.2, 0) is 11.3 Å². The van der Waals surface area contributed by atoms with Crippen LogP contribution in [0.1, 0.15) is 18.4 Å². The van der Waals surface area contributed by atoms with E-state index >= 15 is 0 Å². The van der Waals surface area contributed by atoms with E-state index in [9.17, 15) is 9.59 Å². The van der Waals surface area contributed by atoms with Crippen LogP contribution in [0.2, 0.25) is 0 Å². The zero-order valence-electron chi connectivity index (χ0n) is 13.4. The molecule has 3 amide bonds. The third-order valence-corrected chi connectivity index (χ3v) is 4.46. The number of rotatable bonds is 3. The molecule has 1 heterocycles. The van der Waals surface area contributed by atoms with Gasteiger partial charge in [-0.15, -0.1) is 0 Å². The van der Waals surface area contributed by atoms with Crippen molar-refractivity contribution in [3.05, 3.63) is 34.3 Å². The summed E-state index contributed by atoms with van der Waals surface area (Å²) in [5, 5.41) is 3.03. The smallest absolute Gasteiger partial charge is 0.409 e. The van der Waals surface area contributed by atoms with Crippen molar-refractivity contribution < 1.29 is 14.3 Å². The van der Waals surface area contributed by atoms with Gasteiger partial charge in [-0.1, -0.05) is 28.1 Å². The maximum absolute atomic E-state index is 12.3. The van der Waals surface area contributed by atoms with Crippen molar-refractivity contribution in [2.24, 2.45) is 0 Å². The Morgan fingerprint density at radius 3 is 2.48 bits per heavy atom. The first-order chi connectivity index (χ1) is 11.0. The number of amides is 3. The fourth-order valence-corrected chi connectivity index (χ4v) is 2.82. The van der Waals surface area contributed by atoms with Gasteiger partial charge in [0.1, 0.15) is 0 Å². The zero-order valence-corrected chi connectivity index (χ0v) is 15.0. The molecule has 126 valence electrons. The molecule has 1 aromatic rings. The van der Waals surface area contributed by atoms with Crippen LogP contribution in [0.15, 0.2) is 28.7 Å². The number of hydrogen-bond acceptors (Lipinski definition) is 3. The number of nitrogens with one attached hydrogen (secondary N) is 1. The molecule has 7 heteroatoms. The lowest BCUT2D eigenvalue weighted by atomic mass is 10.1. The molecular weight excluding hydrogens is 362 g/mol. The molecule has 2 rings (SSSR count). The highest BCUT2D eigenvalue weighted by Crippen LogP contribution is 2.13. The second-order valence-electron chi connectivity index (χ2n) is 5.66. The van der Waals surface area contributed by atoms with Gasteiger partial charge < -0.3 is 19.9 Å². The minimum atomic E-state index is -0.304. The summed E-state index contributed by atoms with van der Waals surface area (Å²) in [6.45, 7) is 1.77. The summed E-state index contributed by atoms with van der Waals surface area (Å²) in [5.41, 5.74) is 1.08. The number of carbonyl (C=O) groups excluding carboxylic acids is 2. The molecule has 0 saturated carbocycles. The Morgan fingerprint density at radius 2 is 1.91 bits per heavy atom. The van der Waals surface area contributed by atoms with Crippen LogP contribution in [0.25, 0.3) is 0 Å². The number of urea groups is 1. The zero-order chi connectivity index (χ0) is 16.8. The number of likely N-dealkylation sites (tertiary alicyclic amines) is 1. The number of hydrogen-bond donors (Lipinski definition) is 1. The summed E-state index contributed by atoms with van der Waals surface area (Å²) in [6, 6.07) is 7.90. The SMILES string of the molecule is COC(=O)N1CCC(NC(=O)N(C)Cc2ccc(Br)cc2)CC1. The van der Waals surface area contributed by atoms with E-state index in [0.29, 0.717) is 19.6 Å². The van der Waals surface area contributed by atoms with E-state index in [2.05, 4.69) is 21.2 Å². The molecule has 23 heavy (non-hydrogen) atoms. The predicted molar refractivity (Wildman–Crippen MR) is 91.1 cm³/mol. The van der Waals surface area contributed by atoms with Gasteiger partial charge in [0.05, 0.1) is 7.11 Å². The Bertz CT molecular complexity index is 542. The Morgan fingerprint density at radius 1 is 1.30 bits per heavy atom. The van der Waals surface area contributed by atoms with Crippen LogP contribution >= 0.6 is 15.9 Å². The molecule has 1 N–H and O–H groups in total. The maximum Gasteiger partial charge on any atom is 0.409 e. The molecule has 1 saturated heterocycles. The predicted octanol–water partition coefficient (Wildman–Crippen LogP) is 2.82. The number of halogens is 1. The van der Waals surface area contributed by atoms with Gasteiger partial charge in [0, 0.05) is 37.2 Å². The number of benzene rings is 1. The highest BCUT2D eigenvalue weighted by molar-refractivity contribution is 9.10. The standard InChI is InChI=1S/C16H22BrN3O3/c1-19(11-12-3-5-13(17)6-4-12)15(21)18-14-7-9-20(10-8-14)16(22)23-2/h3-6,14H,7-11H2,1-2H3,(H,18,21). The highest BCUT2D eigenvalue weighted by atomic mass is 79.9. The summed E-state index contributed by atoms with van der Waals surface area (Å²) >= 11 is 3.40. The first kappa shape index (κ1) is 17.6. The van der Waals surface area contributed by atoms with Crippen LogP contribution in [0, 0.1) is 0 Å². The van der Waals surface area contributed by atoms with E-state index in [-0.39, 0.29) is 18.2 Å². The van der Waals surface area contributed by atoms with Gasteiger partial charge in [-0.3, -0.25) is 0 Å². The molecular formula is C16H22BrN3O3. The molecule has 0 aromatic heterocycles. The number of piperidine rings is 1. The maximum atomic E-state index is 12.3. The first-order valence-corrected chi connectivity index (χ1v) is 8.38. The molecule has 6 nitrogen and oxygen atoms in total. The summed E-state index contributed by atoms with van der Waals surface area (Å²) in [6.07, 6.45) is 1.18. The van der Waals surface area contributed by atoms with E-state index < -0.39 is 0 Å². The van der Waals surface area contributed by atoms with Gasteiger partial charge in [0.2, 0.25) is 0 Å². The minimum Gasteiger partial charge on any atom is -0.453 e. The van der Waals surface area contributed by atoms with E-state index in [0.717, 1.165) is 22.9 Å². The van der Waals surface area contributed by atoms with Crippen molar-refractivity contribution in [3.63, 3.8) is 0 Å². The molecule has 0 aliphatic carbocycles. The molecule has 1 aliphatic rings. The fourth-order valence-electron chi connectivity index (χ4n) is 2.56. The van der Waals surface area contributed by atoms with Crippen molar-refractivity contribution in [3.8, 4) is 0 Å². The number of ether oxygens (including phenoxy) is 1. The monoisotopic (exact) mass is 383 g/mol. The largest absolute Gasteiger partial charge is 0.453 e. The molecule has 0 bridgehead atoms. The Labute approximate surface area is 144 Å². The second-order valence-corrected chi connectivity index (χ2v) is 6.58. The van der Waals surface area contributed by atoms with Crippen LogP contribution in [0.4, 0.5) is 9.59 Å². The van der Waals surface area contributed by atoms with Crippen molar-refractivity contribution in [2.75, 3.05) is 27.2 Å². The van der Waals surface area contributed by atoms with Crippen molar-refractivity contribution in [2.45, 2.75) is 25.4 Å². The lowest BCUT2D eigenvalue weighted by Crippen LogP contribution is -2.49. The van der Waals surface area contributed by atoms with Crippen LogP contribution in [0.3, 0.4) is 0 Å². The second kappa shape index (κ2) is 8.19. The van der Waals surface area contributed by atoms with Crippen LogP contribution in [-0.4, -0.2) is 55.2 Å². The van der Waals surface area contributed by atoms with E-state index in [4.69, 9.17) is 4.74 Å². The Hall–Kier alpha value is -1.76. The molecule has 0 radical (unpaired) electrons. The molecule has 1 aromatic carbocycles. The minimum absolute atomic E-state index is 0.0931.